The number of fused-ring (bicyclic) bond motifs is 1. The van der Waals surface area contributed by atoms with Crippen molar-refractivity contribution < 1.29 is 19.1 Å². The van der Waals surface area contributed by atoms with E-state index in [1.54, 1.807) is 21.9 Å². The first-order chi connectivity index (χ1) is 15.6. The lowest BCUT2D eigenvalue weighted by atomic mass is 10.1. The predicted octanol–water partition coefficient (Wildman–Crippen LogP) is 4.02. The number of carbonyl (C=O) groups excluding carboxylic acids is 2. The summed E-state index contributed by atoms with van der Waals surface area (Å²) in [5.74, 6) is 2.43. The van der Waals surface area contributed by atoms with Crippen molar-refractivity contribution >= 4 is 41.0 Å². The van der Waals surface area contributed by atoms with Crippen LogP contribution in [0.15, 0.2) is 42.5 Å². The summed E-state index contributed by atoms with van der Waals surface area (Å²) in [7, 11) is 0. The van der Waals surface area contributed by atoms with Gasteiger partial charge in [-0.1, -0.05) is 23.7 Å². The summed E-state index contributed by atoms with van der Waals surface area (Å²) in [5.41, 5.74) is 1.95. The van der Waals surface area contributed by atoms with Crippen LogP contribution >= 0.6 is 23.4 Å². The molecule has 32 heavy (non-hydrogen) atoms. The molecule has 3 amide bonds. The summed E-state index contributed by atoms with van der Waals surface area (Å²) < 4.78 is 10.9. The van der Waals surface area contributed by atoms with Crippen molar-refractivity contribution in [1.82, 2.24) is 9.80 Å². The van der Waals surface area contributed by atoms with E-state index in [0.29, 0.717) is 36.5 Å². The number of anilines is 1. The Labute approximate surface area is 196 Å². The number of amides is 3. The van der Waals surface area contributed by atoms with Gasteiger partial charge in [0.25, 0.3) is 0 Å². The van der Waals surface area contributed by atoms with Gasteiger partial charge in [0, 0.05) is 47.9 Å². The zero-order chi connectivity index (χ0) is 22.1. The monoisotopic (exact) mass is 473 g/mol. The Balaban J connectivity index is 1.18. The second-order valence-electron chi connectivity index (χ2n) is 7.98. The lowest BCUT2D eigenvalue weighted by molar-refractivity contribution is -0.131. The fraction of sp³-hybridized carbons (Fsp3) is 0.391. The van der Waals surface area contributed by atoms with Crippen molar-refractivity contribution in [2.75, 3.05) is 50.2 Å². The van der Waals surface area contributed by atoms with Gasteiger partial charge in [-0.3, -0.25) is 9.69 Å². The number of carbonyl (C=O) groups is 2. The Bertz CT molecular complexity index is 1040. The summed E-state index contributed by atoms with van der Waals surface area (Å²) >= 11 is 7.92. The average molecular weight is 474 g/mol. The van der Waals surface area contributed by atoms with Crippen molar-refractivity contribution in [2.24, 2.45) is 0 Å². The van der Waals surface area contributed by atoms with Gasteiger partial charge in [-0.05, 0) is 42.3 Å². The van der Waals surface area contributed by atoms with Gasteiger partial charge in [-0.15, -0.1) is 0 Å². The number of hydrogen-bond acceptors (Lipinski definition) is 5. The second kappa shape index (κ2) is 9.11. The molecule has 0 saturated carbocycles. The van der Waals surface area contributed by atoms with Crippen molar-refractivity contribution in [3.8, 4) is 11.5 Å². The third-order valence-corrected chi connectivity index (χ3v) is 7.57. The molecule has 3 aliphatic heterocycles. The summed E-state index contributed by atoms with van der Waals surface area (Å²) in [4.78, 5) is 31.0. The summed E-state index contributed by atoms with van der Waals surface area (Å²) in [5, 5.41) is 0.887. The Morgan fingerprint density at radius 1 is 1.06 bits per heavy atom. The highest BCUT2D eigenvalue weighted by molar-refractivity contribution is 7.99. The average Bonchev–Trinajstić information content (AvgIpc) is 3.31. The number of halogens is 1. The zero-order valence-electron chi connectivity index (χ0n) is 17.5. The Morgan fingerprint density at radius 2 is 1.94 bits per heavy atom. The minimum atomic E-state index is -0.150. The van der Waals surface area contributed by atoms with Crippen molar-refractivity contribution in [2.45, 2.75) is 11.7 Å². The minimum absolute atomic E-state index is 0.00164. The Hall–Kier alpha value is -2.58. The van der Waals surface area contributed by atoms with Crippen LogP contribution in [-0.2, 0) is 4.79 Å². The quantitative estimate of drug-likeness (QED) is 0.671. The van der Waals surface area contributed by atoms with E-state index in [0.717, 1.165) is 29.4 Å². The molecule has 7 nitrogen and oxygen atoms in total. The van der Waals surface area contributed by atoms with E-state index in [2.05, 4.69) is 6.07 Å². The maximum absolute atomic E-state index is 13.0. The topological polar surface area (TPSA) is 62.3 Å². The van der Waals surface area contributed by atoms with Crippen LogP contribution in [0.25, 0.3) is 0 Å². The highest BCUT2D eigenvalue weighted by Gasteiger charge is 2.32. The molecular weight excluding hydrogens is 450 g/mol. The van der Waals surface area contributed by atoms with Gasteiger partial charge in [-0.25, -0.2) is 4.79 Å². The normalized spacial score (nSPS) is 20.6. The van der Waals surface area contributed by atoms with Crippen molar-refractivity contribution in [1.29, 1.82) is 0 Å². The van der Waals surface area contributed by atoms with Crippen LogP contribution in [0.4, 0.5) is 10.5 Å². The van der Waals surface area contributed by atoms with Crippen LogP contribution in [0.5, 0.6) is 11.5 Å². The van der Waals surface area contributed by atoms with Gasteiger partial charge in [0.2, 0.25) is 12.7 Å². The standard InChI is InChI=1S/C23H24ClN3O4S/c24-17-2-1-3-18(13-17)27-9-8-26(23(27)29)14-22(28)25-7-6-21(32-11-10-25)16-4-5-19-20(12-16)31-15-30-19/h1-5,12-13,21H,6-11,14-15H2. The van der Waals surface area contributed by atoms with E-state index in [-0.39, 0.29) is 25.3 Å². The molecule has 3 heterocycles. The third-order valence-electron chi connectivity index (χ3n) is 6.00. The van der Waals surface area contributed by atoms with E-state index in [1.807, 2.05) is 40.9 Å². The number of rotatable bonds is 4. The van der Waals surface area contributed by atoms with Gasteiger partial charge >= 0.3 is 6.03 Å². The first-order valence-electron chi connectivity index (χ1n) is 10.7. The molecular formula is C23H24ClN3O4S. The van der Waals surface area contributed by atoms with Gasteiger partial charge in [-0.2, -0.15) is 11.8 Å². The first-order valence-corrected chi connectivity index (χ1v) is 12.1. The fourth-order valence-electron chi connectivity index (χ4n) is 4.28. The summed E-state index contributed by atoms with van der Waals surface area (Å²) in [6.07, 6.45) is 0.860. The lowest BCUT2D eigenvalue weighted by Crippen LogP contribution is -2.43. The van der Waals surface area contributed by atoms with Gasteiger partial charge in [0.05, 0.1) is 0 Å². The number of nitrogens with zero attached hydrogens (tertiary/aromatic N) is 3. The van der Waals surface area contributed by atoms with E-state index in [9.17, 15) is 9.59 Å². The first kappa shape index (κ1) is 21.3. The van der Waals surface area contributed by atoms with Crippen LogP contribution in [0.1, 0.15) is 17.2 Å². The van der Waals surface area contributed by atoms with E-state index in [4.69, 9.17) is 21.1 Å². The maximum atomic E-state index is 13.0. The summed E-state index contributed by atoms with van der Waals surface area (Å²) in [6.45, 7) is 2.81. The molecule has 2 aromatic rings. The maximum Gasteiger partial charge on any atom is 0.325 e. The SMILES string of the molecule is O=C(CN1CCN(c2cccc(Cl)c2)C1=O)N1CCSC(c2ccc3c(c2)OCO3)CC1. The molecule has 0 spiro atoms. The Morgan fingerprint density at radius 3 is 2.81 bits per heavy atom. The highest BCUT2D eigenvalue weighted by Crippen LogP contribution is 2.40. The fourth-order valence-corrected chi connectivity index (χ4v) is 5.68. The molecule has 2 aromatic carbocycles. The number of hydrogen-bond donors (Lipinski definition) is 0. The van der Waals surface area contributed by atoms with Crippen LogP contribution < -0.4 is 14.4 Å². The molecule has 0 N–H and O–H groups in total. The summed E-state index contributed by atoms with van der Waals surface area (Å²) in [6, 6.07) is 13.2. The molecule has 2 fully saturated rings. The van der Waals surface area contributed by atoms with Crippen molar-refractivity contribution in [3.63, 3.8) is 0 Å². The van der Waals surface area contributed by atoms with Gasteiger partial charge in [0.15, 0.2) is 11.5 Å². The molecule has 1 atom stereocenters. The van der Waals surface area contributed by atoms with E-state index >= 15 is 0 Å². The minimum Gasteiger partial charge on any atom is -0.454 e. The molecule has 9 heteroatoms. The van der Waals surface area contributed by atoms with Crippen LogP contribution in [0.2, 0.25) is 5.02 Å². The largest absolute Gasteiger partial charge is 0.454 e. The molecule has 1 unspecified atom stereocenters. The molecule has 0 aliphatic carbocycles. The second-order valence-corrected chi connectivity index (χ2v) is 9.72. The molecule has 5 rings (SSSR count). The zero-order valence-corrected chi connectivity index (χ0v) is 19.1. The number of ether oxygens (including phenoxy) is 2. The Kier molecular flexibility index (Phi) is 6.06. The predicted molar refractivity (Wildman–Crippen MR) is 125 cm³/mol. The molecule has 0 bridgehead atoms. The highest BCUT2D eigenvalue weighted by atomic mass is 35.5. The van der Waals surface area contributed by atoms with Crippen LogP contribution in [-0.4, -0.2) is 67.0 Å². The van der Waals surface area contributed by atoms with Crippen molar-refractivity contribution in [3.05, 3.63) is 53.1 Å². The smallest absolute Gasteiger partial charge is 0.325 e. The van der Waals surface area contributed by atoms with E-state index in [1.165, 1.54) is 5.56 Å². The molecule has 2 saturated heterocycles. The number of thioether (sulfide) groups is 1. The number of benzene rings is 2. The molecule has 0 aromatic heterocycles. The van der Waals surface area contributed by atoms with E-state index < -0.39 is 0 Å². The third kappa shape index (κ3) is 4.34. The van der Waals surface area contributed by atoms with Crippen LogP contribution in [0.3, 0.4) is 0 Å². The van der Waals surface area contributed by atoms with Crippen LogP contribution in [0, 0.1) is 0 Å². The molecule has 0 radical (unpaired) electrons. The van der Waals surface area contributed by atoms with Gasteiger partial charge in [0.1, 0.15) is 6.54 Å². The number of urea groups is 1. The molecule has 168 valence electrons. The molecule has 3 aliphatic rings. The lowest BCUT2D eigenvalue weighted by Gasteiger charge is -2.24. The van der Waals surface area contributed by atoms with Gasteiger partial charge < -0.3 is 19.3 Å².